The van der Waals surface area contributed by atoms with E-state index in [2.05, 4.69) is 5.10 Å². The van der Waals surface area contributed by atoms with Gasteiger partial charge in [0.1, 0.15) is 18.2 Å². The highest BCUT2D eigenvalue weighted by Gasteiger charge is 2.28. The van der Waals surface area contributed by atoms with Gasteiger partial charge in [0.25, 0.3) is 5.91 Å². The highest BCUT2D eigenvalue weighted by Crippen LogP contribution is 2.28. The molecule has 2 aromatic carbocycles. The van der Waals surface area contributed by atoms with E-state index < -0.39 is 0 Å². The van der Waals surface area contributed by atoms with Crippen LogP contribution >= 0.6 is 0 Å². The predicted octanol–water partition coefficient (Wildman–Crippen LogP) is 3.96. The average Bonchev–Trinajstić information content (AvgIpc) is 3.32. The zero-order valence-electron chi connectivity index (χ0n) is 16.7. The van der Waals surface area contributed by atoms with E-state index in [4.69, 9.17) is 4.74 Å². The van der Waals surface area contributed by atoms with Crippen LogP contribution in [0.5, 0.6) is 5.75 Å². The maximum Gasteiger partial charge on any atom is 0.274 e. The van der Waals surface area contributed by atoms with E-state index in [1.165, 1.54) is 17.7 Å². The van der Waals surface area contributed by atoms with Crippen molar-refractivity contribution in [2.45, 2.75) is 26.2 Å². The summed E-state index contributed by atoms with van der Waals surface area (Å²) in [4.78, 5) is 14.7. The maximum atomic E-state index is 13.3. The van der Waals surface area contributed by atoms with Gasteiger partial charge in [-0.25, -0.2) is 9.07 Å². The highest BCUT2D eigenvalue weighted by molar-refractivity contribution is 5.94. The summed E-state index contributed by atoms with van der Waals surface area (Å²) in [6.45, 7) is 2.90. The summed E-state index contributed by atoms with van der Waals surface area (Å²) in [5, 5.41) is 4.59. The normalized spacial score (nSPS) is 12.7. The molecule has 1 aliphatic rings. The number of hydrogen-bond donors (Lipinski definition) is 0. The van der Waals surface area contributed by atoms with Crippen LogP contribution in [-0.4, -0.2) is 40.8 Å². The van der Waals surface area contributed by atoms with Crippen LogP contribution in [0.15, 0.2) is 48.5 Å². The van der Waals surface area contributed by atoms with Crippen molar-refractivity contribution in [2.75, 3.05) is 20.2 Å². The lowest BCUT2D eigenvalue weighted by Gasteiger charge is -2.17. The van der Waals surface area contributed by atoms with Crippen LogP contribution in [0.4, 0.5) is 4.39 Å². The van der Waals surface area contributed by atoms with Gasteiger partial charge in [-0.2, -0.15) is 5.10 Å². The first-order valence-corrected chi connectivity index (χ1v) is 9.84. The van der Waals surface area contributed by atoms with Crippen molar-refractivity contribution >= 4 is 5.91 Å². The lowest BCUT2D eigenvalue weighted by molar-refractivity contribution is 0.0766. The van der Waals surface area contributed by atoms with E-state index in [1.807, 2.05) is 31.2 Å². The number of benzene rings is 2. The summed E-state index contributed by atoms with van der Waals surface area (Å²) in [6, 6.07) is 14.0. The number of likely N-dealkylation sites (N-methyl/N-ethyl adjacent to an activating group) is 1. The van der Waals surface area contributed by atoms with Gasteiger partial charge in [0.2, 0.25) is 0 Å². The molecule has 0 fully saturated rings. The smallest absolute Gasteiger partial charge is 0.274 e. The second-order valence-electron chi connectivity index (χ2n) is 7.40. The summed E-state index contributed by atoms with van der Waals surface area (Å²) < 4.78 is 20.8. The average molecular weight is 393 g/mol. The number of nitrogens with zero attached hydrogens (tertiary/aromatic N) is 3. The molecule has 5 nitrogen and oxygen atoms in total. The Bertz CT molecular complexity index is 1010. The third-order valence-electron chi connectivity index (χ3n) is 5.27. The van der Waals surface area contributed by atoms with Gasteiger partial charge in [0, 0.05) is 18.3 Å². The number of aryl methyl sites for hydroxylation is 1. The third kappa shape index (κ3) is 4.01. The minimum absolute atomic E-state index is 0.114. The number of halogens is 1. The molecule has 0 spiro atoms. The number of hydrogen-bond acceptors (Lipinski definition) is 3. The first kappa shape index (κ1) is 19.2. The molecule has 1 heterocycles. The zero-order chi connectivity index (χ0) is 20.4. The molecule has 1 aliphatic carbocycles. The van der Waals surface area contributed by atoms with Crippen molar-refractivity contribution in [3.63, 3.8) is 0 Å². The first-order valence-electron chi connectivity index (χ1n) is 9.84. The quantitative estimate of drug-likeness (QED) is 0.637. The number of ether oxygens (including phenoxy) is 1. The largest absolute Gasteiger partial charge is 0.492 e. The Morgan fingerprint density at radius 1 is 1.14 bits per heavy atom. The Hall–Kier alpha value is -3.15. The molecule has 29 heavy (non-hydrogen) atoms. The Balaban J connectivity index is 1.47. The molecule has 3 aromatic rings. The fraction of sp³-hybridized carbons (Fsp3) is 0.304. The van der Waals surface area contributed by atoms with Crippen LogP contribution in [0.3, 0.4) is 0 Å². The van der Waals surface area contributed by atoms with Crippen LogP contribution in [0.1, 0.15) is 33.7 Å². The molecule has 4 rings (SSSR count). The van der Waals surface area contributed by atoms with Crippen molar-refractivity contribution in [3.8, 4) is 11.4 Å². The Morgan fingerprint density at radius 2 is 1.86 bits per heavy atom. The molecule has 0 N–H and O–H groups in total. The molecule has 6 heteroatoms. The van der Waals surface area contributed by atoms with Gasteiger partial charge in [-0.05, 0) is 62.6 Å². The molecule has 150 valence electrons. The van der Waals surface area contributed by atoms with Crippen LogP contribution in [-0.2, 0) is 12.8 Å². The van der Waals surface area contributed by atoms with Gasteiger partial charge in [0.05, 0.1) is 12.2 Å². The SMILES string of the molecule is Cc1ccc(OCCN(C)C(=O)c2nn(-c3ccc(F)cc3)c3c2CCC3)cc1. The number of fused-ring (bicyclic) bond motifs is 1. The molecular weight excluding hydrogens is 369 g/mol. The summed E-state index contributed by atoms with van der Waals surface area (Å²) in [5.74, 6) is 0.386. The van der Waals surface area contributed by atoms with Crippen molar-refractivity contribution in [2.24, 2.45) is 0 Å². The van der Waals surface area contributed by atoms with E-state index in [1.54, 1.807) is 28.8 Å². The van der Waals surface area contributed by atoms with E-state index in [9.17, 15) is 9.18 Å². The van der Waals surface area contributed by atoms with E-state index >= 15 is 0 Å². The summed E-state index contributed by atoms with van der Waals surface area (Å²) >= 11 is 0. The standard InChI is InChI=1S/C23H24FN3O2/c1-16-6-12-19(13-7-16)29-15-14-26(2)23(28)22-20-4-3-5-21(20)27(25-22)18-10-8-17(24)9-11-18/h6-13H,3-5,14-15H2,1-2H3. The minimum atomic E-state index is -0.290. The Kier molecular flexibility index (Phi) is 5.34. The highest BCUT2D eigenvalue weighted by atomic mass is 19.1. The van der Waals surface area contributed by atoms with Crippen LogP contribution in [0.2, 0.25) is 0 Å². The lowest BCUT2D eigenvalue weighted by atomic mass is 10.2. The Labute approximate surface area is 169 Å². The fourth-order valence-electron chi connectivity index (χ4n) is 3.62. The lowest BCUT2D eigenvalue weighted by Crippen LogP contribution is -2.31. The van der Waals surface area contributed by atoms with Crippen molar-refractivity contribution in [1.29, 1.82) is 0 Å². The molecule has 0 saturated carbocycles. The van der Waals surface area contributed by atoms with Gasteiger partial charge in [-0.15, -0.1) is 0 Å². The summed E-state index contributed by atoms with van der Waals surface area (Å²) in [7, 11) is 1.76. The van der Waals surface area contributed by atoms with E-state index in [0.29, 0.717) is 18.8 Å². The number of carbonyl (C=O) groups excluding carboxylic acids is 1. The van der Waals surface area contributed by atoms with Gasteiger partial charge in [0.15, 0.2) is 5.69 Å². The molecule has 1 amide bonds. The summed E-state index contributed by atoms with van der Waals surface area (Å²) in [6.07, 6.45) is 2.70. The van der Waals surface area contributed by atoms with Gasteiger partial charge in [-0.1, -0.05) is 17.7 Å². The Morgan fingerprint density at radius 3 is 2.59 bits per heavy atom. The molecule has 1 aromatic heterocycles. The van der Waals surface area contributed by atoms with Crippen LogP contribution in [0, 0.1) is 12.7 Å². The molecule has 0 saturated heterocycles. The summed E-state index contributed by atoms with van der Waals surface area (Å²) in [5.41, 5.74) is 4.48. The molecule has 0 unspecified atom stereocenters. The van der Waals surface area contributed by atoms with Crippen molar-refractivity contribution in [3.05, 3.63) is 76.9 Å². The van der Waals surface area contributed by atoms with Gasteiger partial charge < -0.3 is 9.64 Å². The fourth-order valence-corrected chi connectivity index (χ4v) is 3.62. The molecule has 0 aliphatic heterocycles. The van der Waals surface area contributed by atoms with Crippen LogP contribution in [0.25, 0.3) is 5.69 Å². The molecule has 0 radical (unpaired) electrons. The number of amides is 1. The number of aromatic nitrogens is 2. The number of carbonyl (C=O) groups is 1. The zero-order valence-corrected chi connectivity index (χ0v) is 16.7. The monoisotopic (exact) mass is 393 g/mol. The number of rotatable bonds is 6. The molecular formula is C23H24FN3O2. The van der Waals surface area contributed by atoms with E-state index in [0.717, 1.165) is 42.0 Å². The van der Waals surface area contributed by atoms with E-state index in [-0.39, 0.29) is 11.7 Å². The maximum absolute atomic E-state index is 13.3. The topological polar surface area (TPSA) is 47.4 Å². The first-order chi connectivity index (χ1) is 14.0. The van der Waals surface area contributed by atoms with Gasteiger partial charge in [-0.3, -0.25) is 4.79 Å². The van der Waals surface area contributed by atoms with Crippen LogP contribution < -0.4 is 4.74 Å². The third-order valence-corrected chi connectivity index (χ3v) is 5.27. The minimum Gasteiger partial charge on any atom is -0.492 e. The molecule has 0 bridgehead atoms. The second kappa shape index (κ2) is 8.07. The molecule has 0 atom stereocenters. The van der Waals surface area contributed by atoms with Crippen molar-refractivity contribution in [1.82, 2.24) is 14.7 Å². The predicted molar refractivity (Wildman–Crippen MR) is 109 cm³/mol. The van der Waals surface area contributed by atoms with Crippen molar-refractivity contribution < 1.29 is 13.9 Å². The second-order valence-corrected chi connectivity index (χ2v) is 7.40. The van der Waals surface area contributed by atoms with Gasteiger partial charge >= 0.3 is 0 Å².